The smallest absolute Gasteiger partial charge is 0.305 e. The summed E-state index contributed by atoms with van der Waals surface area (Å²) in [5, 5.41) is 19.5. The minimum absolute atomic E-state index is 0.0531. The first-order chi connectivity index (χ1) is 9.36. The van der Waals surface area contributed by atoms with Gasteiger partial charge in [0.25, 0.3) is 11.6 Å². The van der Waals surface area contributed by atoms with Gasteiger partial charge in [0.1, 0.15) is 0 Å². The first kappa shape index (κ1) is 15.6. The average molecular weight is 280 g/mol. The van der Waals surface area contributed by atoms with Gasteiger partial charge in [0.2, 0.25) is 0 Å². The molecule has 0 aliphatic heterocycles. The van der Waals surface area contributed by atoms with E-state index in [1.54, 1.807) is 13.0 Å². The van der Waals surface area contributed by atoms with Crippen LogP contribution >= 0.6 is 0 Å². The van der Waals surface area contributed by atoms with Gasteiger partial charge in [-0.2, -0.15) is 0 Å². The van der Waals surface area contributed by atoms with E-state index in [4.69, 9.17) is 5.11 Å². The molecule has 0 radical (unpaired) electrons. The molecule has 0 unspecified atom stereocenters. The van der Waals surface area contributed by atoms with Crippen LogP contribution in [0.25, 0.3) is 0 Å². The number of amides is 1. The lowest BCUT2D eigenvalue weighted by Crippen LogP contribution is -2.29. The monoisotopic (exact) mass is 280 g/mol. The Labute approximate surface area is 116 Å². The van der Waals surface area contributed by atoms with Gasteiger partial charge in [0.15, 0.2) is 0 Å². The van der Waals surface area contributed by atoms with Crippen LogP contribution in [0.5, 0.6) is 0 Å². The Hall–Kier alpha value is -2.44. The van der Waals surface area contributed by atoms with E-state index in [9.17, 15) is 19.7 Å². The predicted octanol–water partition coefficient (Wildman–Crippen LogP) is 1.70. The minimum Gasteiger partial charge on any atom is -0.481 e. The van der Waals surface area contributed by atoms with Gasteiger partial charge in [-0.3, -0.25) is 19.7 Å². The number of hydrogen-bond donors (Lipinski definition) is 1. The molecule has 1 amide bonds. The lowest BCUT2D eigenvalue weighted by atomic mass is 10.1. The number of carboxylic acid groups (broad SMARTS) is 1. The number of nitro groups is 1. The van der Waals surface area contributed by atoms with Crippen molar-refractivity contribution < 1.29 is 19.6 Å². The van der Waals surface area contributed by atoms with Crippen molar-refractivity contribution in [1.29, 1.82) is 0 Å². The number of benzene rings is 1. The second kappa shape index (κ2) is 6.65. The molecule has 0 aliphatic carbocycles. The van der Waals surface area contributed by atoms with Gasteiger partial charge < -0.3 is 10.0 Å². The molecule has 0 saturated carbocycles. The van der Waals surface area contributed by atoms with E-state index in [0.29, 0.717) is 12.0 Å². The summed E-state index contributed by atoms with van der Waals surface area (Å²) in [6.07, 6.45) is 0.330. The van der Waals surface area contributed by atoms with Gasteiger partial charge in [0.05, 0.1) is 11.3 Å². The SMILES string of the molecule is CCc1ccc(C(=O)N(C)CCC(=O)O)cc1[N+](=O)[O-]. The largest absolute Gasteiger partial charge is 0.481 e. The van der Waals surface area contributed by atoms with E-state index in [-0.39, 0.29) is 24.2 Å². The molecule has 0 aromatic heterocycles. The van der Waals surface area contributed by atoms with Crippen molar-refractivity contribution in [2.45, 2.75) is 19.8 Å². The first-order valence-corrected chi connectivity index (χ1v) is 6.11. The summed E-state index contributed by atoms with van der Waals surface area (Å²) in [6, 6.07) is 4.31. The van der Waals surface area contributed by atoms with Crippen LogP contribution in [-0.4, -0.2) is 40.4 Å². The van der Waals surface area contributed by atoms with E-state index in [0.717, 1.165) is 0 Å². The molecule has 108 valence electrons. The third-order valence-electron chi connectivity index (χ3n) is 2.92. The summed E-state index contributed by atoms with van der Waals surface area (Å²) in [6.45, 7) is 1.85. The summed E-state index contributed by atoms with van der Waals surface area (Å²) in [5.41, 5.74) is 0.645. The maximum Gasteiger partial charge on any atom is 0.305 e. The Balaban J connectivity index is 2.96. The number of carboxylic acids is 1. The van der Waals surface area contributed by atoms with Crippen LogP contribution in [0.3, 0.4) is 0 Å². The number of aliphatic carboxylic acids is 1. The van der Waals surface area contributed by atoms with E-state index in [2.05, 4.69) is 0 Å². The highest BCUT2D eigenvalue weighted by atomic mass is 16.6. The maximum absolute atomic E-state index is 12.0. The quantitative estimate of drug-likeness (QED) is 0.631. The Bertz CT molecular complexity index is 542. The molecule has 0 atom stereocenters. The maximum atomic E-state index is 12.0. The van der Waals surface area contributed by atoms with Crippen LogP contribution in [0, 0.1) is 10.1 Å². The summed E-state index contributed by atoms with van der Waals surface area (Å²) in [5.74, 6) is -1.44. The van der Waals surface area contributed by atoms with Crippen LogP contribution in [0.15, 0.2) is 18.2 Å². The molecule has 0 aliphatic rings. The first-order valence-electron chi connectivity index (χ1n) is 6.11. The summed E-state index contributed by atoms with van der Waals surface area (Å²) in [7, 11) is 1.46. The van der Waals surface area contributed by atoms with E-state index < -0.39 is 16.8 Å². The molecule has 1 aromatic rings. The summed E-state index contributed by atoms with van der Waals surface area (Å²) >= 11 is 0. The van der Waals surface area contributed by atoms with Gasteiger partial charge in [-0.25, -0.2) is 0 Å². The molecule has 0 heterocycles. The van der Waals surface area contributed by atoms with Crippen molar-refractivity contribution in [3.8, 4) is 0 Å². The average Bonchev–Trinajstić information content (AvgIpc) is 2.42. The van der Waals surface area contributed by atoms with E-state index >= 15 is 0 Å². The second-order valence-electron chi connectivity index (χ2n) is 4.32. The van der Waals surface area contributed by atoms with Crippen LogP contribution in [0.2, 0.25) is 0 Å². The molecule has 7 heteroatoms. The van der Waals surface area contributed by atoms with Crippen molar-refractivity contribution in [2.75, 3.05) is 13.6 Å². The molecule has 0 fully saturated rings. The van der Waals surface area contributed by atoms with Crippen LogP contribution in [-0.2, 0) is 11.2 Å². The Morgan fingerprint density at radius 3 is 2.55 bits per heavy atom. The molecule has 1 rings (SSSR count). The zero-order chi connectivity index (χ0) is 15.3. The highest BCUT2D eigenvalue weighted by Crippen LogP contribution is 2.21. The molecule has 20 heavy (non-hydrogen) atoms. The molecule has 1 aromatic carbocycles. The normalized spacial score (nSPS) is 10.1. The lowest BCUT2D eigenvalue weighted by molar-refractivity contribution is -0.385. The zero-order valence-corrected chi connectivity index (χ0v) is 11.3. The van der Waals surface area contributed by atoms with Gasteiger partial charge >= 0.3 is 5.97 Å². The van der Waals surface area contributed by atoms with Crippen molar-refractivity contribution in [2.24, 2.45) is 0 Å². The van der Waals surface area contributed by atoms with Gasteiger partial charge in [-0.1, -0.05) is 13.0 Å². The van der Waals surface area contributed by atoms with Gasteiger partial charge in [-0.05, 0) is 12.5 Å². The number of hydrogen-bond acceptors (Lipinski definition) is 4. The highest BCUT2D eigenvalue weighted by Gasteiger charge is 2.18. The summed E-state index contributed by atoms with van der Waals surface area (Å²) < 4.78 is 0. The molecule has 1 N–H and O–H groups in total. The molecule has 0 bridgehead atoms. The van der Waals surface area contributed by atoms with Crippen molar-refractivity contribution in [3.05, 3.63) is 39.4 Å². The van der Waals surface area contributed by atoms with Crippen LogP contribution < -0.4 is 0 Å². The van der Waals surface area contributed by atoms with Gasteiger partial charge in [0, 0.05) is 30.8 Å². The van der Waals surface area contributed by atoms with Crippen LogP contribution in [0.4, 0.5) is 5.69 Å². The Kier molecular flexibility index (Phi) is 5.19. The van der Waals surface area contributed by atoms with Crippen molar-refractivity contribution in [3.63, 3.8) is 0 Å². The molecule has 0 saturated heterocycles. The van der Waals surface area contributed by atoms with E-state index in [1.165, 1.54) is 24.1 Å². The third kappa shape index (κ3) is 3.78. The molecule has 7 nitrogen and oxygen atoms in total. The number of carbonyl (C=O) groups is 2. The zero-order valence-electron chi connectivity index (χ0n) is 11.3. The van der Waals surface area contributed by atoms with Crippen molar-refractivity contribution in [1.82, 2.24) is 4.90 Å². The summed E-state index contributed by atoms with van der Waals surface area (Å²) in [4.78, 5) is 34.2. The number of nitrogens with zero attached hydrogens (tertiary/aromatic N) is 2. The second-order valence-corrected chi connectivity index (χ2v) is 4.32. The standard InChI is InChI=1S/C13H16N2O5/c1-3-9-4-5-10(8-11(9)15(19)20)13(18)14(2)7-6-12(16)17/h4-5,8H,3,6-7H2,1-2H3,(H,16,17). The van der Waals surface area contributed by atoms with Crippen LogP contribution in [0.1, 0.15) is 29.3 Å². The van der Waals surface area contributed by atoms with Gasteiger partial charge in [-0.15, -0.1) is 0 Å². The Morgan fingerprint density at radius 1 is 1.40 bits per heavy atom. The number of nitro benzene ring substituents is 1. The predicted molar refractivity (Wildman–Crippen MR) is 71.7 cm³/mol. The number of aryl methyl sites for hydroxylation is 1. The molecule has 0 spiro atoms. The lowest BCUT2D eigenvalue weighted by Gasteiger charge is -2.16. The molecular formula is C13H16N2O5. The molecular weight excluding hydrogens is 264 g/mol. The number of rotatable bonds is 6. The Morgan fingerprint density at radius 2 is 2.05 bits per heavy atom. The minimum atomic E-state index is -1.00. The topological polar surface area (TPSA) is 101 Å². The fourth-order valence-electron chi connectivity index (χ4n) is 1.75. The third-order valence-corrected chi connectivity index (χ3v) is 2.92. The fraction of sp³-hybridized carbons (Fsp3) is 0.385. The van der Waals surface area contributed by atoms with Crippen molar-refractivity contribution >= 4 is 17.6 Å². The van der Waals surface area contributed by atoms with E-state index in [1.807, 2.05) is 0 Å². The fourth-order valence-corrected chi connectivity index (χ4v) is 1.75. The highest BCUT2D eigenvalue weighted by molar-refractivity contribution is 5.95. The number of carbonyl (C=O) groups excluding carboxylic acids is 1.